The van der Waals surface area contributed by atoms with Crippen molar-refractivity contribution in [3.8, 4) is 0 Å². The highest BCUT2D eigenvalue weighted by molar-refractivity contribution is 5.12. The maximum Gasteiger partial charge on any atom is 0.0578 e. The first-order valence-electron chi connectivity index (χ1n) is 13.3. The van der Waals surface area contributed by atoms with Gasteiger partial charge in [0.1, 0.15) is 0 Å². The zero-order valence-corrected chi connectivity index (χ0v) is 20.5. The molecule has 0 spiro atoms. The van der Waals surface area contributed by atoms with E-state index < -0.39 is 0 Å². The average molecular weight is 433 g/mol. The first-order chi connectivity index (χ1) is 14.6. The van der Waals surface area contributed by atoms with Crippen molar-refractivity contribution >= 4 is 0 Å². The third-order valence-corrected chi connectivity index (χ3v) is 11.2. The van der Waals surface area contributed by atoms with Crippen LogP contribution in [0.1, 0.15) is 91.9 Å². The molecule has 0 saturated heterocycles. The number of aliphatic hydroxyl groups excluding tert-OH is 3. The Hall–Kier alpha value is -0.380. The fraction of sp³-hybridized carbons (Fsp3) is 0.929. The smallest absolute Gasteiger partial charge is 0.0578 e. The molecule has 0 amide bonds. The molecule has 4 fully saturated rings. The fourth-order valence-corrected chi connectivity index (χ4v) is 9.23. The number of hydrogen-bond acceptors (Lipinski definition) is 3. The molecule has 10 atom stereocenters. The molecule has 4 aliphatic rings. The third kappa shape index (κ3) is 3.85. The topological polar surface area (TPSA) is 60.7 Å². The summed E-state index contributed by atoms with van der Waals surface area (Å²) in [5, 5.41) is 32.1. The van der Waals surface area contributed by atoms with Crippen LogP contribution >= 0.6 is 0 Å². The van der Waals surface area contributed by atoms with E-state index in [4.69, 9.17) is 0 Å². The standard InChI is InChI=1S/C28H48O3/c1-17(2)18(3)6-7-19(4)22-8-9-23-21-15-26(31)25-14-20(30)10-13-28(25,16-29)24(21)11-12-27(22,23)5/h17,19-26,29-31H,3,6-16H2,1-2,4-5H3/t19-,20+,21+,22-,23+,24+,25-,26-,27-,28+/m1/s1. The summed E-state index contributed by atoms with van der Waals surface area (Å²) in [5.74, 6) is 3.88. The van der Waals surface area contributed by atoms with Crippen LogP contribution in [0.5, 0.6) is 0 Å². The van der Waals surface area contributed by atoms with Crippen LogP contribution in [-0.2, 0) is 0 Å². The summed E-state index contributed by atoms with van der Waals surface area (Å²) >= 11 is 0. The lowest BCUT2D eigenvalue weighted by Gasteiger charge is -2.62. The van der Waals surface area contributed by atoms with Gasteiger partial charge in [-0.05, 0) is 111 Å². The molecular formula is C28H48O3. The second-order valence-electron chi connectivity index (χ2n) is 12.7. The molecule has 3 nitrogen and oxygen atoms in total. The van der Waals surface area contributed by atoms with Gasteiger partial charge >= 0.3 is 0 Å². The van der Waals surface area contributed by atoms with Crippen molar-refractivity contribution in [2.45, 2.75) is 104 Å². The lowest BCUT2D eigenvalue weighted by Crippen LogP contribution is -2.60. The predicted molar refractivity (Wildman–Crippen MR) is 126 cm³/mol. The Bertz CT molecular complexity index is 659. The summed E-state index contributed by atoms with van der Waals surface area (Å²) < 4.78 is 0. The molecular weight excluding hydrogens is 384 g/mol. The van der Waals surface area contributed by atoms with Gasteiger partial charge in [-0.15, -0.1) is 0 Å². The first kappa shape index (κ1) is 23.8. The van der Waals surface area contributed by atoms with Gasteiger partial charge in [-0.1, -0.05) is 39.8 Å². The van der Waals surface area contributed by atoms with Crippen LogP contribution in [0.4, 0.5) is 0 Å². The Balaban J connectivity index is 1.52. The van der Waals surface area contributed by atoms with E-state index in [1.807, 2.05) is 0 Å². The summed E-state index contributed by atoms with van der Waals surface area (Å²) in [6.07, 6.45) is 10.0. The number of allylic oxidation sites excluding steroid dienone is 1. The van der Waals surface area contributed by atoms with Crippen LogP contribution in [0.2, 0.25) is 0 Å². The Labute approximate surface area is 190 Å². The van der Waals surface area contributed by atoms with E-state index in [1.54, 1.807) is 0 Å². The second-order valence-corrected chi connectivity index (χ2v) is 12.7. The molecule has 0 aromatic rings. The minimum Gasteiger partial charge on any atom is -0.396 e. The minimum atomic E-state index is -0.364. The van der Waals surface area contributed by atoms with E-state index in [2.05, 4.69) is 34.3 Å². The lowest BCUT2D eigenvalue weighted by atomic mass is 9.43. The molecule has 178 valence electrons. The van der Waals surface area contributed by atoms with Crippen molar-refractivity contribution in [2.75, 3.05) is 6.61 Å². The molecule has 4 aliphatic carbocycles. The van der Waals surface area contributed by atoms with Crippen LogP contribution in [-0.4, -0.2) is 34.1 Å². The SMILES string of the molecule is C=C(CC[C@@H](C)[C@H]1CC[C@H]2[C@@H]3C[C@@H](O)[C@H]4C[C@@H](O)CC[C@]4(CO)[C@H]3CC[C@]12C)C(C)C. The van der Waals surface area contributed by atoms with Crippen molar-refractivity contribution in [3.05, 3.63) is 12.2 Å². The van der Waals surface area contributed by atoms with Gasteiger partial charge in [0.05, 0.1) is 12.2 Å². The van der Waals surface area contributed by atoms with Crippen molar-refractivity contribution < 1.29 is 15.3 Å². The molecule has 31 heavy (non-hydrogen) atoms. The Morgan fingerprint density at radius 1 is 0.968 bits per heavy atom. The van der Waals surface area contributed by atoms with E-state index in [-0.39, 0.29) is 30.1 Å². The van der Waals surface area contributed by atoms with E-state index in [9.17, 15) is 15.3 Å². The quantitative estimate of drug-likeness (QED) is 0.480. The Morgan fingerprint density at radius 3 is 2.39 bits per heavy atom. The second kappa shape index (κ2) is 8.76. The van der Waals surface area contributed by atoms with Gasteiger partial charge in [0.25, 0.3) is 0 Å². The van der Waals surface area contributed by atoms with Gasteiger partial charge in [-0.25, -0.2) is 0 Å². The van der Waals surface area contributed by atoms with Gasteiger partial charge in [0.15, 0.2) is 0 Å². The van der Waals surface area contributed by atoms with Crippen LogP contribution in [0.3, 0.4) is 0 Å². The Morgan fingerprint density at radius 2 is 1.71 bits per heavy atom. The highest BCUT2D eigenvalue weighted by Crippen LogP contribution is 2.68. The maximum atomic E-state index is 11.2. The van der Waals surface area contributed by atoms with Gasteiger partial charge in [0.2, 0.25) is 0 Å². The van der Waals surface area contributed by atoms with Crippen LogP contribution in [0, 0.1) is 52.3 Å². The number of hydrogen-bond donors (Lipinski definition) is 3. The molecule has 3 heteroatoms. The van der Waals surface area contributed by atoms with E-state index in [0.29, 0.717) is 35.5 Å². The van der Waals surface area contributed by atoms with Crippen molar-refractivity contribution in [1.82, 2.24) is 0 Å². The van der Waals surface area contributed by atoms with Crippen LogP contribution in [0.25, 0.3) is 0 Å². The van der Waals surface area contributed by atoms with Crippen LogP contribution in [0.15, 0.2) is 12.2 Å². The summed E-state index contributed by atoms with van der Waals surface area (Å²) in [6, 6.07) is 0. The molecule has 0 aliphatic heterocycles. The van der Waals surface area contributed by atoms with Gasteiger partial charge in [-0.3, -0.25) is 0 Å². The molecule has 0 aromatic carbocycles. The van der Waals surface area contributed by atoms with Crippen molar-refractivity contribution in [3.63, 3.8) is 0 Å². The largest absolute Gasteiger partial charge is 0.396 e. The number of rotatable bonds is 6. The first-order valence-corrected chi connectivity index (χ1v) is 13.3. The van der Waals surface area contributed by atoms with Crippen molar-refractivity contribution in [2.24, 2.45) is 52.3 Å². The monoisotopic (exact) mass is 432 g/mol. The molecule has 4 saturated carbocycles. The zero-order valence-electron chi connectivity index (χ0n) is 20.5. The Kier molecular flexibility index (Phi) is 6.72. The molecule has 0 aromatic heterocycles. The highest BCUT2D eigenvalue weighted by Gasteiger charge is 2.63. The molecule has 0 bridgehead atoms. The maximum absolute atomic E-state index is 11.2. The third-order valence-electron chi connectivity index (χ3n) is 11.2. The molecule has 0 heterocycles. The number of fused-ring (bicyclic) bond motifs is 5. The summed E-state index contributed by atoms with van der Waals surface area (Å²) in [5.41, 5.74) is 1.60. The van der Waals surface area contributed by atoms with Crippen molar-refractivity contribution in [1.29, 1.82) is 0 Å². The minimum absolute atomic E-state index is 0.0741. The predicted octanol–water partition coefficient (Wildman–Crippen LogP) is 5.58. The summed E-state index contributed by atoms with van der Waals surface area (Å²) in [4.78, 5) is 0. The lowest BCUT2D eigenvalue weighted by molar-refractivity contribution is -0.193. The molecule has 0 radical (unpaired) electrons. The normalized spacial score (nSPS) is 48.1. The average Bonchev–Trinajstić information content (AvgIpc) is 3.09. The molecule has 0 unspecified atom stereocenters. The summed E-state index contributed by atoms with van der Waals surface area (Å²) in [7, 11) is 0. The van der Waals surface area contributed by atoms with Gasteiger partial charge in [0, 0.05) is 12.0 Å². The van der Waals surface area contributed by atoms with E-state index >= 15 is 0 Å². The number of aliphatic hydroxyl groups is 3. The zero-order chi connectivity index (χ0) is 22.6. The highest BCUT2D eigenvalue weighted by atomic mass is 16.3. The molecule has 3 N–H and O–H groups in total. The van der Waals surface area contributed by atoms with E-state index in [1.165, 1.54) is 37.7 Å². The van der Waals surface area contributed by atoms with E-state index in [0.717, 1.165) is 37.5 Å². The van der Waals surface area contributed by atoms with Gasteiger partial charge < -0.3 is 15.3 Å². The fourth-order valence-electron chi connectivity index (χ4n) is 9.23. The summed E-state index contributed by atoms with van der Waals surface area (Å²) in [6.45, 7) is 14.0. The van der Waals surface area contributed by atoms with Gasteiger partial charge in [-0.2, -0.15) is 0 Å². The van der Waals surface area contributed by atoms with Crippen LogP contribution < -0.4 is 0 Å². The molecule has 4 rings (SSSR count).